The summed E-state index contributed by atoms with van der Waals surface area (Å²) in [6.45, 7) is 2.54. The van der Waals surface area contributed by atoms with Gasteiger partial charge in [-0.2, -0.15) is 0 Å². The highest BCUT2D eigenvalue weighted by molar-refractivity contribution is 6.09. The molecule has 3 rings (SSSR count). The highest BCUT2D eigenvalue weighted by Gasteiger charge is 2.14. The maximum atomic E-state index is 12.6. The van der Waals surface area contributed by atoms with Crippen LogP contribution in [0.3, 0.4) is 0 Å². The van der Waals surface area contributed by atoms with E-state index in [4.69, 9.17) is 0 Å². The van der Waals surface area contributed by atoms with E-state index >= 15 is 0 Å². The molecule has 0 unspecified atom stereocenters. The molecule has 0 aliphatic carbocycles. The van der Waals surface area contributed by atoms with Gasteiger partial charge in [0.05, 0.1) is 11.3 Å². The van der Waals surface area contributed by atoms with Gasteiger partial charge in [-0.15, -0.1) is 0 Å². The molecule has 0 heterocycles. The number of benzene rings is 3. The number of rotatable bonds is 7. The first kappa shape index (κ1) is 20.8. The molecule has 0 aliphatic heterocycles. The van der Waals surface area contributed by atoms with Gasteiger partial charge < -0.3 is 16.0 Å². The van der Waals surface area contributed by atoms with Crippen LogP contribution in [0.15, 0.2) is 78.9 Å². The predicted octanol–water partition coefficient (Wildman–Crippen LogP) is 4.33. The lowest BCUT2D eigenvalue weighted by Crippen LogP contribution is -2.25. The molecular weight excluding hydrogens is 378 g/mol. The maximum Gasteiger partial charge on any atom is 0.255 e. The van der Waals surface area contributed by atoms with Crippen molar-refractivity contribution in [2.75, 3.05) is 17.2 Å². The van der Waals surface area contributed by atoms with E-state index in [2.05, 4.69) is 16.0 Å². The molecular formula is C24H23N3O3. The summed E-state index contributed by atoms with van der Waals surface area (Å²) in [6.07, 6.45) is 0.827. The molecule has 3 aromatic carbocycles. The lowest BCUT2D eigenvalue weighted by atomic mass is 10.1. The third-order valence-electron chi connectivity index (χ3n) is 4.40. The Kier molecular flexibility index (Phi) is 6.95. The van der Waals surface area contributed by atoms with Crippen molar-refractivity contribution in [3.05, 3.63) is 95.6 Å². The molecule has 0 saturated heterocycles. The van der Waals surface area contributed by atoms with Crippen molar-refractivity contribution in [2.45, 2.75) is 13.3 Å². The summed E-state index contributed by atoms with van der Waals surface area (Å²) < 4.78 is 0. The Balaban J connectivity index is 1.67. The average molecular weight is 401 g/mol. The Morgan fingerprint density at radius 3 is 1.97 bits per heavy atom. The van der Waals surface area contributed by atoms with Gasteiger partial charge in [0.25, 0.3) is 17.7 Å². The van der Waals surface area contributed by atoms with E-state index in [1.54, 1.807) is 72.8 Å². The molecule has 0 spiro atoms. The Labute approximate surface area is 175 Å². The van der Waals surface area contributed by atoms with Crippen LogP contribution in [0.4, 0.5) is 11.4 Å². The van der Waals surface area contributed by atoms with Gasteiger partial charge in [-0.3, -0.25) is 14.4 Å². The molecule has 0 saturated carbocycles. The molecule has 3 amide bonds. The summed E-state index contributed by atoms with van der Waals surface area (Å²) in [6, 6.07) is 22.3. The lowest BCUT2D eigenvalue weighted by Gasteiger charge is -2.11. The van der Waals surface area contributed by atoms with Gasteiger partial charge in [0.2, 0.25) is 0 Å². The van der Waals surface area contributed by atoms with E-state index in [-0.39, 0.29) is 17.7 Å². The molecule has 6 heteroatoms. The third-order valence-corrected chi connectivity index (χ3v) is 4.40. The van der Waals surface area contributed by atoms with Gasteiger partial charge in [-0.25, -0.2) is 0 Å². The highest BCUT2D eigenvalue weighted by Crippen LogP contribution is 2.17. The number of nitrogens with one attached hydrogen (secondary N) is 3. The van der Waals surface area contributed by atoms with Crippen LogP contribution in [-0.2, 0) is 0 Å². The molecule has 0 aliphatic rings. The number of para-hydroxylation sites is 1. The minimum atomic E-state index is -0.341. The van der Waals surface area contributed by atoms with Crippen molar-refractivity contribution >= 4 is 29.1 Å². The molecule has 0 fully saturated rings. The maximum absolute atomic E-state index is 12.6. The highest BCUT2D eigenvalue weighted by atomic mass is 16.2. The monoisotopic (exact) mass is 401 g/mol. The lowest BCUT2D eigenvalue weighted by molar-refractivity contribution is 0.0953. The first-order valence-corrected chi connectivity index (χ1v) is 9.73. The van der Waals surface area contributed by atoms with Crippen LogP contribution in [0.2, 0.25) is 0 Å². The van der Waals surface area contributed by atoms with Gasteiger partial charge in [-0.1, -0.05) is 37.3 Å². The van der Waals surface area contributed by atoms with Crippen LogP contribution in [0.5, 0.6) is 0 Å². The fraction of sp³-hybridized carbons (Fsp3) is 0.125. The van der Waals surface area contributed by atoms with Crippen molar-refractivity contribution in [2.24, 2.45) is 0 Å². The normalized spacial score (nSPS) is 10.2. The molecule has 0 atom stereocenters. The predicted molar refractivity (Wildman–Crippen MR) is 118 cm³/mol. The SMILES string of the molecule is CCCNC(=O)c1ccccc1NC(=O)c1ccc(NC(=O)c2ccccc2)cc1. The number of anilines is 2. The molecule has 0 aromatic heterocycles. The summed E-state index contributed by atoms with van der Waals surface area (Å²) in [7, 11) is 0. The number of hydrogen-bond acceptors (Lipinski definition) is 3. The first-order chi connectivity index (χ1) is 14.6. The zero-order valence-electron chi connectivity index (χ0n) is 16.6. The first-order valence-electron chi connectivity index (χ1n) is 9.73. The summed E-state index contributed by atoms with van der Waals surface area (Å²) in [4.78, 5) is 37.2. The molecule has 0 bridgehead atoms. The summed E-state index contributed by atoms with van der Waals surface area (Å²) >= 11 is 0. The van der Waals surface area contributed by atoms with E-state index in [0.29, 0.717) is 34.6 Å². The van der Waals surface area contributed by atoms with Gasteiger partial charge >= 0.3 is 0 Å². The third kappa shape index (κ3) is 5.32. The molecule has 30 heavy (non-hydrogen) atoms. The molecule has 6 nitrogen and oxygen atoms in total. The summed E-state index contributed by atoms with van der Waals surface area (Å²) in [5, 5.41) is 8.39. The van der Waals surface area contributed by atoms with Crippen LogP contribution >= 0.6 is 0 Å². The second kappa shape index (κ2) is 10.0. The largest absolute Gasteiger partial charge is 0.352 e. The van der Waals surface area contributed by atoms with E-state index in [9.17, 15) is 14.4 Å². The van der Waals surface area contributed by atoms with Crippen molar-refractivity contribution in [1.29, 1.82) is 0 Å². The van der Waals surface area contributed by atoms with Gasteiger partial charge in [0.15, 0.2) is 0 Å². The zero-order valence-corrected chi connectivity index (χ0v) is 16.6. The molecule has 3 N–H and O–H groups in total. The zero-order chi connectivity index (χ0) is 21.3. The fourth-order valence-corrected chi connectivity index (χ4v) is 2.82. The van der Waals surface area contributed by atoms with Crippen LogP contribution in [-0.4, -0.2) is 24.3 Å². The number of carbonyl (C=O) groups excluding carboxylic acids is 3. The molecule has 0 radical (unpaired) electrons. The van der Waals surface area contributed by atoms with Crippen molar-refractivity contribution in [1.82, 2.24) is 5.32 Å². The Hall–Kier alpha value is -3.93. The van der Waals surface area contributed by atoms with Gasteiger partial charge in [0, 0.05) is 23.4 Å². The molecule has 3 aromatic rings. The number of hydrogen-bond donors (Lipinski definition) is 3. The summed E-state index contributed by atoms with van der Waals surface area (Å²) in [5.41, 5.74) is 2.40. The van der Waals surface area contributed by atoms with Crippen molar-refractivity contribution in [3.63, 3.8) is 0 Å². The Morgan fingerprint density at radius 1 is 0.667 bits per heavy atom. The van der Waals surface area contributed by atoms with Crippen LogP contribution in [0, 0.1) is 0 Å². The quantitative estimate of drug-likeness (QED) is 0.551. The van der Waals surface area contributed by atoms with Crippen molar-refractivity contribution in [3.8, 4) is 0 Å². The second-order valence-corrected chi connectivity index (χ2v) is 6.65. The van der Waals surface area contributed by atoms with Crippen LogP contribution < -0.4 is 16.0 Å². The van der Waals surface area contributed by atoms with E-state index < -0.39 is 0 Å². The minimum absolute atomic E-state index is 0.222. The minimum Gasteiger partial charge on any atom is -0.352 e. The number of amides is 3. The Morgan fingerprint density at radius 2 is 1.27 bits per heavy atom. The number of carbonyl (C=O) groups is 3. The van der Waals surface area contributed by atoms with E-state index in [0.717, 1.165) is 6.42 Å². The summed E-state index contributed by atoms with van der Waals surface area (Å²) in [5.74, 6) is -0.793. The average Bonchev–Trinajstić information content (AvgIpc) is 2.79. The molecule has 152 valence electrons. The standard InChI is InChI=1S/C24H23N3O3/c1-2-16-25-24(30)20-10-6-7-11-21(20)27-23(29)18-12-14-19(15-13-18)26-22(28)17-8-4-3-5-9-17/h3-15H,2,16H2,1H3,(H,25,30)(H,26,28)(H,27,29). The van der Waals surface area contributed by atoms with E-state index in [1.807, 2.05) is 13.0 Å². The van der Waals surface area contributed by atoms with E-state index in [1.165, 1.54) is 0 Å². The van der Waals surface area contributed by atoms with Crippen molar-refractivity contribution < 1.29 is 14.4 Å². The topological polar surface area (TPSA) is 87.3 Å². The Bertz CT molecular complexity index is 1030. The smallest absolute Gasteiger partial charge is 0.255 e. The van der Waals surface area contributed by atoms with Gasteiger partial charge in [0.1, 0.15) is 0 Å². The fourth-order valence-electron chi connectivity index (χ4n) is 2.82. The van der Waals surface area contributed by atoms with Crippen LogP contribution in [0.25, 0.3) is 0 Å². The second-order valence-electron chi connectivity index (χ2n) is 6.65. The van der Waals surface area contributed by atoms with Gasteiger partial charge in [-0.05, 0) is 55.0 Å². The van der Waals surface area contributed by atoms with Crippen LogP contribution in [0.1, 0.15) is 44.4 Å².